The minimum atomic E-state index is -1.05. The summed E-state index contributed by atoms with van der Waals surface area (Å²) in [6.07, 6.45) is 4.51. The first kappa shape index (κ1) is 11.5. The number of hydrogen-bond acceptors (Lipinski definition) is 2. The highest BCUT2D eigenvalue weighted by Gasteiger charge is 2.07. The number of carboxylic acids is 1. The fraction of sp³-hybridized carbons (Fsp3) is 0.0909. The van der Waals surface area contributed by atoms with Gasteiger partial charge in [-0.05, 0) is 17.7 Å². The number of benzene rings is 1. The highest BCUT2D eigenvalue weighted by atomic mass is 35.5. The highest BCUT2D eigenvalue weighted by molar-refractivity contribution is 6.33. The van der Waals surface area contributed by atoms with E-state index in [4.69, 9.17) is 16.7 Å². The van der Waals surface area contributed by atoms with E-state index in [0.29, 0.717) is 6.42 Å². The molecule has 1 aromatic carbocycles. The number of carbonyl (C=O) groups is 2. The van der Waals surface area contributed by atoms with E-state index < -0.39 is 5.97 Å². The average molecular weight is 225 g/mol. The second-order valence-electron chi connectivity index (χ2n) is 2.85. The first-order valence-corrected chi connectivity index (χ1v) is 4.66. The van der Waals surface area contributed by atoms with E-state index in [9.17, 15) is 9.59 Å². The molecule has 0 aliphatic carbocycles. The van der Waals surface area contributed by atoms with E-state index in [1.54, 1.807) is 24.3 Å². The summed E-state index contributed by atoms with van der Waals surface area (Å²) < 4.78 is 0. The molecular formula is C11H9ClO3. The van der Waals surface area contributed by atoms with Crippen molar-refractivity contribution in [2.45, 2.75) is 6.42 Å². The smallest absolute Gasteiger partial charge is 0.337 e. The minimum absolute atomic E-state index is 0.0733. The highest BCUT2D eigenvalue weighted by Crippen LogP contribution is 2.18. The molecular weight excluding hydrogens is 216 g/mol. The van der Waals surface area contributed by atoms with Gasteiger partial charge in [0.15, 0.2) is 0 Å². The van der Waals surface area contributed by atoms with Gasteiger partial charge in [0.25, 0.3) is 0 Å². The summed E-state index contributed by atoms with van der Waals surface area (Å²) >= 11 is 5.75. The van der Waals surface area contributed by atoms with Crippen LogP contribution in [0, 0.1) is 0 Å². The fourth-order valence-electron chi connectivity index (χ4n) is 1.07. The number of rotatable bonds is 4. The summed E-state index contributed by atoms with van der Waals surface area (Å²) in [7, 11) is 0. The molecule has 1 rings (SSSR count). The van der Waals surface area contributed by atoms with Gasteiger partial charge in [-0.3, -0.25) is 0 Å². The van der Waals surface area contributed by atoms with E-state index in [2.05, 4.69) is 0 Å². The summed E-state index contributed by atoms with van der Waals surface area (Å²) in [5.74, 6) is -1.05. The van der Waals surface area contributed by atoms with Crippen molar-refractivity contribution in [3.05, 3.63) is 40.4 Å². The summed E-state index contributed by atoms with van der Waals surface area (Å²) in [5.41, 5.74) is 0.844. The normalized spacial score (nSPS) is 10.5. The van der Waals surface area contributed by atoms with E-state index in [1.165, 1.54) is 6.07 Å². The van der Waals surface area contributed by atoms with Gasteiger partial charge in [0.05, 0.1) is 10.6 Å². The topological polar surface area (TPSA) is 54.4 Å². The van der Waals surface area contributed by atoms with Crippen LogP contribution < -0.4 is 0 Å². The van der Waals surface area contributed by atoms with Gasteiger partial charge in [0.2, 0.25) is 0 Å². The molecule has 1 N–H and O–H groups in total. The molecule has 1 aromatic rings. The van der Waals surface area contributed by atoms with E-state index >= 15 is 0 Å². The number of carbonyl (C=O) groups excluding carboxylic acids is 1. The Hall–Kier alpha value is -1.61. The number of allylic oxidation sites excluding steroid dienone is 1. The van der Waals surface area contributed by atoms with Gasteiger partial charge >= 0.3 is 5.97 Å². The molecule has 0 bridgehead atoms. The lowest BCUT2D eigenvalue weighted by Gasteiger charge is -1.99. The number of hydrogen-bond donors (Lipinski definition) is 1. The lowest BCUT2D eigenvalue weighted by Crippen LogP contribution is -1.96. The lowest BCUT2D eigenvalue weighted by atomic mass is 10.1. The van der Waals surface area contributed by atoms with Gasteiger partial charge in [-0.25, -0.2) is 4.79 Å². The van der Waals surface area contributed by atoms with Crippen molar-refractivity contribution in [3.8, 4) is 0 Å². The van der Waals surface area contributed by atoms with E-state index in [1.807, 2.05) is 0 Å². The molecule has 0 fully saturated rings. The summed E-state index contributed by atoms with van der Waals surface area (Å²) in [6.45, 7) is 0. The maximum Gasteiger partial charge on any atom is 0.337 e. The second kappa shape index (κ2) is 5.32. The van der Waals surface area contributed by atoms with Crippen LogP contribution in [0.4, 0.5) is 0 Å². The van der Waals surface area contributed by atoms with Crippen LogP contribution >= 0.6 is 11.6 Å². The molecule has 0 aromatic heterocycles. The summed E-state index contributed by atoms with van der Waals surface area (Å²) in [4.78, 5) is 20.7. The van der Waals surface area contributed by atoms with Gasteiger partial charge in [-0.1, -0.05) is 29.8 Å². The van der Waals surface area contributed by atoms with Crippen LogP contribution in [0.2, 0.25) is 5.02 Å². The number of halogens is 1. The van der Waals surface area contributed by atoms with Crippen LogP contribution in [0.1, 0.15) is 22.3 Å². The van der Waals surface area contributed by atoms with Crippen LogP contribution in [0.15, 0.2) is 24.3 Å². The number of aromatic carboxylic acids is 1. The van der Waals surface area contributed by atoms with Crippen molar-refractivity contribution in [1.29, 1.82) is 0 Å². The standard InChI is InChI=1S/C11H9ClO3/c12-10-7-8(3-1-2-6-13)4-5-9(10)11(14)15/h1,3-7H,2H2,(H,14,15). The molecule has 78 valence electrons. The lowest BCUT2D eigenvalue weighted by molar-refractivity contribution is -0.107. The summed E-state index contributed by atoms with van der Waals surface area (Å²) in [6, 6.07) is 4.62. The zero-order valence-electron chi connectivity index (χ0n) is 7.81. The van der Waals surface area contributed by atoms with Crippen molar-refractivity contribution in [2.24, 2.45) is 0 Å². The predicted octanol–water partition coefficient (Wildman–Crippen LogP) is 2.64. The molecule has 0 saturated carbocycles. The SMILES string of the molecule is O=CCC=Cc1ccc(C(=O)O)c(Cl)c1. The molecule has 0 aliphatic heterocycles. The van der Waals surface area contributed by atoms with E-state index in [-0.39, 0.29) is 10.6 Å². The molecule has 0 aliphatic rings. The first-order valence-electron chi connectivity index (χ1n) is 4.28. The van der Waals surface area contributed by atoms with Crippen LogP contribution in [0.25, 0.3) is 6.08 Å². The molecule has 0 radical (unpaired) electrons. The van der Waals surface area contributed by atoms with Gasteiger partial charge in [-0.15, -0.1) is 0 Å². The Labute approximate surface area is 92.0 Å². The summed E-state index contributed by atoms with van der Waals surface area (Å²) in [5, 5.41) is 8.91. The van der Waals surface area contributed by atoms with Crippen molar-refractivity contribution in [1.82, 2.24) is 0 Å². The van der Waals surface area contributed by atoms with Crippen LogP contribution in [0.5, 0.6) is 0 Å². The maximum absolute atomic E-state index is 10.6. The quantitative estimate of drug-likeness (QED) is 0.800. The van der Waals surface area contributed by atoms with Crippen LogP contribution in [0.3, 0.4) is 0 Å². The zero-order valence-corrected chi connectivity index (χ0v) is 8.57. The molecule has 4 heteroatoms. The first-order chi connectivity index (χ1) is 7.15. The molecule has 0 atom stereocenters. The Morgan fingerprint density at radius 2 is 2.20 bits per heavy atom. The number of carboxylic acid groups (broad SMARTS) is 1. The third kappa shape index (κ3) is 3.22. The Kier molecular flexibility index (Phi) is 4.06. The maximum atomic E-state index is 10.6. The number of aldehydes is 1. The molecule has 0 spiro atoms. The van der Waals surface area contributed by atoms with Crippen molar-refractivity contribution in [2.75, 3.05) is 0 Å². The third-order valence-electron chi connectivity index (χ3n) is 1.77. The molecule has 0 saturated heterocycles. The molecule has 0 unspecified atom stereocenters. The van der Waals surface area contributed by atoms with Crippen LogP contribution in [-0.2, 0) is 4.79 Å². The minimum Gasteiger partial charge on any atom is -0.478 e. The fourth-order valence-corrected chi connectivity index (χ4v) is 1.34. The van der Waals surface area contributed by atoms with Crippen molar-refractivity contribution < 1.29 is 14.7 Å². The Bertz CT molecular complexity index is 410. The van der Waals surface area contributed by atoms with Gasteiger partial charge in [0, 0.05) is 6.42 Å². The van der Waals surface area contributed by atoms with Crippen molar-refractivity contribution >= 4 is 29.9 Å². The average Bonchev–Trinajstić information content (AvgIpc) is 2.17. The monoisotopic (exact) mass is 224 g/mol. The predicted molar refractivity (Wildman–Crippen MR) is 58.1 cm³/mol. The Balaban J connectivity index is 2.91. The van der Waals surface area contributed by atoms with Gasteiger partial charge < -0.3 is 9.90 Å². The Morgan fingerprint density at radius 3 is 2.73 bits per heavy atom. The third-order valence-corrected chi connectivity index (χ3v) is 2.08. The van der Waals surface area contributed by atoms with Crippen molar-refractivity contribution in [3.63, 3.8) is 0 Å². The molecule has 0 amide bonds. The zero-order chi connectivity index (χ0) is 11.3. The molecule has 0 heterocycles. The van der Waals surface area contributed by atoms with Gasteiger partial charge in [-0.2, -0.15) is 0 Å². The largest absolute Gasteiger partial charge is 0.478 e. The van der Waals surface area contributed by atoms with Crippen LogP contribution in [-0.4, -0.2) is 17.4 Å². The Morgan fingerprint density at radius 1 is 1.47 bits per heavy atom. The molecule has 15 heavy (non-hydrogen) atoms. The second-order valence-corrected chi connectivity index (χ2v) is 3.26. The van der Waals surface area contributed by atoms with E-state index in [0.717, 1.165) is 11.8 Å². The molecule has 3 nitrogen and oxygen atoms in total. The van der Waals surface area contributed by atoms with Gasteiger partial charge in [0.1, 0.15) is 6.29 Å².